The minimum atomic E-state index is -1.42. The SMILES string of the molecule is O=[PH]=O.[Mn]. The van der Waals surface area contributed by atoms with Gasteiger partial charge in [0.25, 0.3) is 0 Å². The predicted molar refractivity (Wildman–Crippen MR) is 9.69 cm³/mol. The normalized spacial score (nSPS) is 3.00. The molecule has 0 amide bonds. The molecule has 0 unspecified atom stereocenters. The summed E-state index contributed by atoms with van der Waals surface area (Å²) in [4.78, 5) is 0. The molecule has 0 aliphatic rings. The van der Waals surface area contributed by atoms with E-state index in [0.717, 1.165) is 0 Å². The fourth-order valence-corrected chi connectivity index (χ4v) is 0. The van der Waals surface area contributed by atoms with E-state index in [4.69, 9.17) is 9.13 Å². The summed E-state index contributed by atoms with van der Waals surface area (Å²) in [6.07, 6.45) is 0. The van der Waals surface area contributed by atoms with Crippen LogP contribution in [0.4, 0.5) is 0 Å². The first kappa shape index (κ1) is 8.83. The second-order valence-electron chi connectivity index (χ2n) is 0.0833. The van der Waals surface area contributed by atoms with Crippen molar-refractivity contribution in [2.24, 2.45) is 0 Å². The third-order valence-corrected chi connectivity index (χ3v) is 0. The van der Waals surface area contributed by atoms with Crippen LogP contribution < -0.4 is 0 Å². The molecule has 0 aromatic heterocycles. The van der Waals surface area contributed by atoms with Gasteiger partial charge in [-0.25, -0.2) is 9.13 Å². The summed E-state index contributed by atoms with van der Waals surface area (Å²) in [5, 5.41) is 0. The van der Waals surface area contributed by atoms with Crippen molar-refractivity contribution in [2.45, 2.75) is 0 Å². The molecule has 0 aromatic rings. The zero-order chi connectivity index (χ0) is 2.71. The Morgan fingerprint density at radius 2 is 1.25 bits per heavy atom. The molecule has 0 bridgehead atoms. The summed E-state index contributed by atoms with van der Waals surface area (Å²) in [5.41, 5.74) is 0. The van der Waals surface area contributed by atoms with Gasteiger partial charge in [-0.2, -0.15) is 0 Å². The summed E-state index contributed by atoms with van der Waals surface area (Å²) in [7, 11) is -1.42. The van der Waals surface area contributed by atoms with Crippen LogP contribution in [-0.2, 0) is 26.2 Å². The number of hydrogen-bond donors (Lipinski definition) is 0. The molecule has 25 valence electrons. The molecule has 0 heterocycles. The van der Waals surface area contributed by atoms with Crippen molar-refractivity contribution in [1.82, 2.24) is 0 Å². The van der Waals surface area contributed by atoms with E-state index >= 15 is 0 Å². The van der Waals surface area contributed by atoms with Gasteiger partial charge in [-0.05, 0) is 0 Å². The molecule has 0 fully saturated rings. The van der Waals surface area contributed by atoms with Crippen molar-refractivity contribution in [3.05, 3.63) is 0 Å². The molecule has 0 saturated carbocycles. The first-order chi connectivity index (χ1) is 1.41. The van der Waals surface area contributed by atoms with Gasteiger partial charge in [0.05, 0.1) is 0 Å². The Labute approximate surface area is 35.3 Å². The molecule has 4 heavy (non-hydrogen) atoms. The summed E-state index contributed by atoms with van der Waals surface area (Å²) in [5.74, 6) is 0. The fourth-order valence-electron chi connectivity index (χ4n) is 0. The van der Waals surface area contributed by atoms with Gasteiger partial charge < -0.3 is 0 Å². The number of hydrogen-bond acceptors (Lipinski definition) is 2. The van der Waals surface area contributed by atoms with E-state index in [2.05, 4.69) is 0 Å². The van der Waals surface area contributed by atoms with E-state index < -0.39 is 8.34 Å². The van der Waals surface area contributed by atoms with Crippen molar-refractivity contribution in [1.29, 1.82) is 0 Å². The Balaban J connectivity index is 0. The van der Waals surface area contributed by atoms with Gasteiger partial charge in [-0.3, -0.25) is 0 Å². The summed E-state index contributed by atoms with van der Waals surface area (Å²) in [6.45, 7) is 0. The van der Waals surface area contributed by atoms with Crippen LogP contribution in [0.3, 0.4) is 0 Å². The van der Waals surface area contributed by atoms with Gasteiger partial charge in [-0.1, -0.05) is 0 Å². The average Bonchev–Trinajstić information content (AvgIpc) is 0.918. The third-order valence-electron chi connectivity index (χ3n) is 0. The van der Waals surface area contributed by atoms with Gasteiger partial charge in [0.1, 0.15) is 0 Å². The first-order valence-electron chi connectivity index (χ1n) is 0.408. The van der Waals surface area contributed by atoms with Crippen LogP contribution in [0.1, 0.15) is 0 Å². The molecule has 0 aliphatic carbocycles. The van der Waals surface area contributed by atoms with Crippen molar-refractivity contribution in [3.8, 4) is 0 Å². The fraction of sp³-hybridized carbons (Fsp3) is 0. The predicted octanol–water partition coefficient (Wildman–Crippen LogP) is 0.353. The smallest absolute Gasteiger partial charge is 0.241 e. The molecule has 4 heteroatoms. The number of rotatable bonds is 0. The molecule has 0 aromatic carbocycles. The summed E-state index contributed by atoms with van der Waals surface area (Å²) >= 11 is 0. The van der Waals surface area contributed by atoms with Crippen molar-refractivity contribution in [2.75, 3.05) is 0 Å². The Kier molecular flexibility index (Phi) is 21.9. The van der Waals surface area contributed by atoms with Gasteiger partial charge in [0.15, 0.2) is 0 Å². The van der Waals surface area contributed by atoms with Gasteiger partial charge in [0, 0.05) is 17.1 Å². The maximum Gasteiger partial charge on any atom is 0.303 e. The second kappa shape index (κ2) is 9.93. The van der Waals surface area contributed by atoms with Crippen LogP contribution in [0.15, 0.2) is 0 Å². The maximum absolute atomic E-state index is 8.40. The van der Waals surface area contributed by atoms with Crippen LogP contribution in [0.5, 0.6) is 0 Å². The van der Waals surface area contributed by atoms with E-state index in [1.807, 2.05) is 0 Å². The molecular weight excluding hydrogens is 118 g/mol. The quantitative estimate of drug-likeness (QED) is 0.340. The standard InChI is InChI=1S/Mn.HO2P/c;1-3-2/h;3H. The summed E-state index contributed by atoms with van der Waals surface area (Å²) < 4.78 is 16.8. The molecule has 1 radical (unpaired) electrons. The van der Waals surface area contributed by atoms with Gasteiger partial charge in [-0.15, -0.1) is 0 Å². The molecular formula is HMnO2P. The Morgan fingerprint density at radius 1 is 1.25 bits per heavy atom. The monoisotopic (exact) mass is 119 g/mol. The van der Waals surface area contributed by atoms with Gasteiger partial charge >= 0.3 is 8.34 Å². The topological polar surface area (TPSA) is 34.1 Å². The molecule has 0 saturated heterocycles. The Morgan fingerprint density at radius 3 is 1.25 bits per heavy atom. The second-order valence-corrected chi connectivity index (χ2v) is 0.250. The molecule has 0 N–H and O–H groups in total. The first-order valence-corrected chi connectivity index (χ1v) is 1.22. The average molecular weight is 119 g/mol. The van der Waals surface area contributed by atoms with E-state index in [1.165, 1.54) is 0 Å². The van der Waals surface area contributed by atoms with Crippen molar-refractivity contribution < 1.29 is 26.2 Å². The van der Waals surface area contributed by atoms with E-state index in [1.54, 1.807) is 0 Å². The zero-order valence-electron chi connectivity index (χ0n) is 1.69. The maximum atomic E-state index is 8.40. The molecule has 0 aliphatic heterocycles. The molecule has 0 atom stereocenters. The van der Waals surface area contributed by atoms with Crippen LogP contribution >= 0.6 is 8.34 Å². The van der Waals surface area contributed by atoms with Crippen LogP contribution in [0, 0.1) is 0 Å². The third kappa shape index (κ3) is 27.7. The minimum Gasteiger partial charge on any atom is -0.241 e. The van der Waals surface area contributed by atoms with Crippen LogP contribution in [-0.4, -0.2) is 0 Å². The Hall–Kier alpha value is 0.419. The molecule has 2 nitrogen and oxygen atoms in total. The Bertz CT molecular complexity index is 27.0. The van der Waals surface area contributed by atoms with Crippen LogP contribution in [0.25, 0.3) is 0 Å². The van der Waals surface area contributed by atoms with Crippen molar-refractivity contribution in [3.63, 3.8) is 0 Å². The minimum absolute atomic E-state index is 0. The van der Waals surface area contributed by atoms with Crippen molar-refractivity contribution >= 4 is 8.34 Å². The zero-order valence-corrected chi connectivity index (χ0v) is 3.87. The van der Waals surface area contributed by atoms with Crippen LogP contribution in [0.2, 0.25) is 0 Å². The van der Waals surface area contributed by atoms with Gasteiger partial charge in [0.2, 0.25) is 0 Å². The summed E-state index contributed by atoms with van der Waals surface area (Å²) in [6, 6.07) is 0. The largest absolute Gasteiger partial charge is 0.303 e. The van der Waals surface area contributed by atoms with E-state index in [9.17, 15) is 0 Å². The molecule has 0 rings (SSSR count). The van der Waals surface area contributed by atoms with E-state index in [-0.39, 0.29) is 17.1 Å². The van der Waals surface area contributed by atoms with E-state index in [0.29, 0.717) is 0 Å². The molecule has 0 spiro atoms.